The highest BCUT2D eigenvalue weighted by atomic mass is 28.4. The van der Waals surface area contributed by atoms with Gasteiger partial charge >= 0.3 is 5.97 Å². The molecule has 0 heterocycles. The van der Waals surface area contributed by atoms with Crippen molar-refractivity contribution in [1.29, 1.82) is 0 Å². The van der Waals surface area contributed by atoms with Crippen molar-refractivity contribution < 1.29 is 18.4 Å². The Morgan fingerprint density at radius 2 is 1.58 bits per heavy atom. The van der Waals surface area contributed by atoms with E-state index in [9.17, 15) is 4.79 Å². The maximum atomic E-state index is 12.9. The molecular weight excluding hydrogens is 565 g/mol. The summed E-state index contributed by atoms with van der Waals surface area (Å²) in [6.45, 7) is 30.9. The molecule has 1 unspecified atom stereocenters. The molecule has 0 N–H and O–H groups in total. The molecule has 0 amide bonds. The number of aryl methyl sites for hydroxylation is 1. The second-order valence-electron chi connectivity index (χ2n) is 15.5. The first-order valence-corrected chi connectivity index (χ1v) is 22.2. The van der Waals surface area contributed by atoms with E-state index in [1.807, 2.05) is 12.2 Å². The lowest BCUT2D eigenvalue weighted by Gasteiger charge is -2.40. The third-order valence-electron chi connectivity index (χ3n) is 9.99. The van der Waals surface area contributed by atoms with Crippen LogP contribution in [0.1, 0.15) is 85.6 Å². The summed E-state index contributed by atoms with van der Waals surface area (Å²) in [5.41, 5.74) is 1.33. The zero-order valence-electron chi connectivity index (χ0n) is 29.1. The Kier molecular flexibility index (Phi) is 13.9. The Bertz CT molecular complexity index is 1050. The summed E-state index contributed by atoms with van der Waals surface area (Å²) >= 11 is 0. The summed E-state index contributed by atoms with van der Waals surface area (Å²) in [5.74, 6) is 0.105. The Hall–Kier alpha value is -1.74. The molecule has 0 bridgehead atoms. The molecule has 1 aromatic carbocycles. The topological polar surface area (TPSA) is 44.8 Å². The van der Waals surface area contributed by atoms with Crippen molar-refractivity contribution >= 4 is 22.6 Å². The van der Waals surface area contributed by atoms with E-state index in [-0.39, 0.29) is 46.2 Å². The number of allylic oxidation sites excluding steroid dienone is 2. The fourth-order valence-corrected chi connectivity index (χ4v) is 7.91. The number of hydrogen-bond acceptors (Lipinski definition) is 4. The number of ether oxygens (including phenoxy) is 1. The average Bonchev–Trinajstić information content (AvgIpc) is 3.19. The molecular formula is C37H62O4Si2. The normalized spacial score (nSPS) is 22.5. The molecule has 6 heteroatoms. The summed E-state index contributed by atoms with van der Waals surface area (Å²) in [7, 11) is -4.09. The molecule has 0 saturated heterocycles. The number of carbonyl (C=O) groups excluding carboxylic acids is 1. The average molecular weight is 627 g/mol. The monoisotopic (exact) mass is 626 g/mol. The number of benzene rings is 1. The zero-order chi connectivity index (χ0) is 32.5. The lowest BCUT2D eigenvalue weighted by Crippen LogP contribution is -2.45. The second-order valence-corrected chi connectivity index (χ2v) is 25.0. The minimum Gasteiger partial charge on any atom is -0.462 e. The largest absolute Gasteiger partial charge is 0.462 e. The van der Waals surface area contributed by atoms with Gasteiger partial charge in [0.2, 0.25) is 0 Å². The summed E-state index contributed by atoms with van der Waals surface area (Å²) < 4.78 is 20.3. The van der Waals surface area contributed by atoms with Gasteiger partial charge in [-0.05, 0) is 73.9 Å². The van der Waals surface area contributed by atoms with Gasteiger partial charge in [0.25, 0.3) is 0 Å². The van der Waals surface area contributed by atoms with E-state index in [4.69, 9.17) is 13.6 Å². The highest BCUT2D eigenvalue weighted by Crippen LogP contribution is 2.45. The third kappa shape index (κ3) is 11.3. The van der Waals surface area contributed by atoms with Crippen LogP contribution >= 0.6 is 0 Å². The summed E-state index contributed by atoms with van der Waals surface area (Å²) in [4.78, 5) is 12.9. The van der Waals surface area contributed by atoms with Gasteiger partial charge in [0.1, 0.15) is 6.10 Å². The van der Waals surface area contributed by atoms with Crippen molar-refractivity contribution in [1.82, 2.24) is 0 Å². The van der Waals surface area contributed by atoms with Gasteiger partial charge in [-0.25, -0.2) is 0 Å². The maximum Gasteiger partial charge on any atom is 0.306 e. The van der Waals surface area contributed by atoms with E-state index in [0.717, 1.165) is 32.1 Å². The van der Waals surface area contributed by atoms with Crippen LogP contribution in [0.15, 0.2) is 67.8 Å². The fraction of sp³-hybridized carbons (Fsp3) is 0.649. The number of carbonyl (C=O) groups is 1. The van der Waals surface area contributed by atoms with E-state index in [1.165, 1.54) is 5.56 Å². The molecule has 1 aliphatic rings. The zero-order valence-corrected chi connectivity index (χ0v) is 31.1. The van der Waals surface area contributed by atoms with Gasteiger partial charge in [-0.1, -0.05) is 96.2 Å². The molecule has 1 fully saturated rings. The van der Waals surface area contributed by atoms with Crippen LogP contribution in [0.25, 0.3) is 0 Å². The van der Waals surface area contributed by atoms with E-state index >= 15 is 0 Å². The van der Waals surface area contributed by atoms with Crippen LogP contribution in [0.2, 0.25) is 36.3 Å². The van der Waals surface area contributed by atoms with Gasteiger partial charge < -0.3 is 13.6 Å². The van der Waals surface area contributed by atoms with Gasteiger partial charge in [-0.2, -0.15) is 0 Å². The van der Waals surface area contributed by atoms with Crippen molar-refractivity contribution in [2.45, 2.75) is 141 Å². The first-order valence-electron chi connectivity index (χ1n) is 16.4. The molecule has 1 aliphatic carbocycles. The predicted octanol–water partition coefficient (Wildman–Crippen LogP) is 10.4. The molecule has 0 spiro atoms. The van der Waals surface area contributed by atoms with E-state index < -0.39 is 16.6 Å². The Labute approximate surface area is 266 Å². The smallest absolute Gasteiger partial charge is 0.306 e. The van der Waals surface area contributed by atoms with Crippen molar-refractivity contribution in [3.63, 3.8) is 0 Å². The lowest BCUT2D eigenvalue weighted by molar-refractivity contribution is -0.151. The molecule has 242 valence electrons. The number of unbranched alkanes of at least 4 members (excludes halogenated alkanes) is 1. The van der Waals surface area contributed by atoms with Crippen molar-refractivity contribution in [3.8, 4) is 0 Å². The molecule has 1 aromatic rings. The van der Waals surface area contributed by atoms with E-state index in [0.29, 0.717) is 12.8 Å². The van der Waals surface area contributed by atoms with Gasteiger partial charge in [-0.3, -0.25) is 4.79 Å². The highest BCUT2D eigenvalue weighted by molar-refractivity contribution is 6.74. The lowest BCUT2D eigenvalue weighted by atomic mass is 9.89. The van der Waals surface area contributed by atoms with Gasteiger partial charge in [0.15, 0.2) is 16.6 Å². The standard InChI is InChI=1S/C37H62O4Si2/c1-13-15-17-23-35(38)39-33-28-34(41-43(11,12)37(6,7)8)32(31(33)20-14-2)27-26-30(40-42(9,10)36(3,4)5)25-24-29-21-18-16-19-22-29/h13-14,16,18-19,21-22,26-27,30-34H,1-2,15,17,20,23-25,28H2,3-12H3/b27-26+/t30-,31+,32+,33-,34?/m0/s1. The van der Waals surface area contributed by atoms with Crippen LogP contribution in [-0.4, -0.2) is 40.9 Å². The first kappa shape index (κ1) is 37.5. The van der Waals surface area contributed by atoms with Crippen molar-refractivity contribution in [2.24, 2.45) is 11.8 Å². The van der Waals surface area contributed by atoms with Gasteiger partial charge in [-0.15, -0.1) is 13.2 Å². The Balaban J connectivity index is 2.43. The molecule has 0 aromatic heterocycles. The van der Waals surface area contributed by atoms with Crippen LogP contribution in [-0.2, 0) is 24.8 Å². The van der Waals surface area contributed by atoms with Gasteiger partial charge in [0.05, 0.1) is 12.2 Å². The van der Waals surface area contributed by atoms with Crippen molar-refractivity contribution in [3.05, 3.63) is 73.4 Å². The highest BCUT2D eigenvalue weighted by Gasteiger charge is 2.48. The quantitative estimate of drug-likeness (QED) is 0.0792. The molecule has 0 radical (unpaired) electrons. The van der Waals surface area contributed by atoms with Crippen LogP contribution in [0.3, 0.4) is 0 Å². The molecule has 43 heavy (non-hydrogen) atoms. The second kappa shape index (κ2) is 16.0. The number of esters is 1. The minimum atomic E-state index is -2.07. The van der Waals surface area contributed by atoms with Gasteiger partial charge in [0, 0.05) is 24.7 Å². The molecule has 4 nitrogen and oxygen atoms in total. The fourth-order valence-electron chi connectivity index (χ4n) is 5.24. The van der Waals surface area contributed by atoms with Crippen molar-refractivity contribution in [2.75, 3.05) is 0 Å². The minimum absolute atomic E-state index is 0.000459. The SMILES string of the molecule is C=CCCCC(=O)O[C@H]1CC(O[Si](C)(C)C(C)(C)C)[C@H](/C=C/[C@H](CCc2ccccc2)O[Si](C)(C)C(C)(C)C)[C@H]1CC=C. The summed E-state index contributed by atoms with van der Waals surface area (Å²) in [5, 5.41) is 0.196. The van der Waals surface area contributed by atoms with Crippen LogP contribution < -0.4 is 0 Å². The molecule has 1 saturated carbocycles. The first-order chi connectivity index (χ1) is 19.9. The molecule has 5 atom stereocenters. The maximum absolute atomic E-state index is 12.9. The Morgan fingerprint density at radius 1 is 0.953 bits per heavy atom. The Morgan fingerprint density at radius 3 is 2.14 bits per heavy atom. The summed E-state index contributed by atoms with van der Waals surface area (Å²) in [6.07, 6.45) is 13.6. The third-order valence-corrected chi connectivity index (χ3v) is 19.0. The number of hydrogen-bond donors (Lipinski definition) is 0. The van der Waals surface area contributed by atoms with Crippen LogP contribution in [0.5, 0.6) is 0 Å². The summed E-state index contributed by atoms with van der Waals surface area (Å²) in [6, 6.07) is 10.7. The van der Waals surface area contributed by atoms with Crippen LogP contribution in [0.4, 0.5) is 0 Å². The van der Waals surface area contributed by atoms with E-state index in [1.54, 1.807) is 0 Å². The van der Waals surface area contributed by atoms with Crippen LogP contribution in [0, 0.1) is 11.8 Å². The molecule has 0 aliphatic heterocycles. The van der Waals surface area contributed by atoms with E-state index in [2.05, 4.69) is 123 Å². The molecule has 2 rings (SSSR count). The number of rotatable bonds is 16. The predicted molar refractivity (Wildman–Crippen MR) is 188 cm³/mol.